The predicted octanol–water partition coefficient (Wildman–Crippen LogP) is 3.53. The Balaban J connectivity index is 2.09. The van der Waals surface area contributed by atoms with Crippen molar-refractivity contribution in [1.29, 1.82) is 5.26 Å². The molecule has 0 saturated heterocycles. The lowest BCUT2D eigenvalue weighted by Gasteiger charge is -2.37. The standard InChI is InChI=1S/C24H30N6O2S/c1-5-30(17-31)20(14-15-25)24(3,33)18(2)26-21-12-9-13-22(27-21)28-23(32)16-29(4)19-10-7-6-8-11-19/h6-14,17-18,33H,5,16H2,1-4H3,(H2,26,27,28,32)/b20-14-. The Morgan fingerprint density at radius 3 is 2.52 bits per heavy atom. The molecule has 0 saturated carbocycles. The molecule has 0 fully saturated rings. The number of likely N-dealkylation sites (N-methyl/N-ethyl adjacent to an activating group) is 1. The number of aromatic nitrogens is 1. The highest BCUT2D eigenvalue weighted by atomic mass is 32.1. The number of hydrogen-bond acceptors (Lipinski definition) is 7. The van der Waals surface area contributed by atoms with Crippen LogP contribution in [0.2, 0.25) is 0 Å². The molecule has 0 aliphatic heterocycles. The second-order valence-electron chi connectivity index (χ2n) is 7.71. The highest BCUT2D eigenvalue weighted by molar-refractivity contribution is 7.82. The molecule has 0 spiro atoms. The fourth-order valence-corrected chi connectivity index (χ4v) is 3.48. The Labute approximate surface area is 200 Å². The number of para-hydroxylation sites is 1. The van der Waals surface area contributed by atoms with Crippen LogP contribution in [0.3, 0.4) is 0 Å². The maximum Gasteiger partial charge on any atom is 0.245 e. The van der Waals surface area contributed by atoms with E-state index in [-0.39, 0.29) is 18.5 Å². The third-order valence-electron chi connectivity index (χ3n) is 5.30. The number of rotatable bonds is 11. The zero-order valence-corrected chi connectivity index (χ0v) is 20.2. The van der Waals surface area contributed by atoms with Gasteiger partial charge < -0.3 is 20.4 Å². The van der Waals surface area contributed by atoms with Crippen LogP contribution in [0.15, 0.2) is 60.3 Å². The molecule has 2 unspecified atom stereocenters. The highest BCUT2D eigenvalue weighted by Gasteiger charge is 2.34. The second kappa shape index (κ2) is 11.9. The van der Waals surface area contributed by atoms with Crippen LogP contribution in [0.25, 0.3) is 0 Å². The first-order chi connectivity index (χ1) is 15.7. The van der Waals surface area contributed by atoms with E-state index in [0.29, 0.717) is 30.3 Å². The van der Waals surface area contributed by atoms with Crippen molar-refractivity contribution in [3.8, 4) is 6.07 Å². The van der Waals surface area contributed by atoms with Crippen LogP contribution in [0.1, 0.15) is 20.8 Å². The minimum atomic E-state index is -0.855. The van der Waals surface area contributed by atoms with Gasteiger partial charge in [-0.3, -0.25) is 9.59 Å². The van der Waals surface area contributed by atoms with Crippen molar-refractivity contribution in [3.63, 3.8) is 0 Å². The summed E-state index contributed by atoms with van der Waals surface area (Å²) >= 11 is 4.76. The summed E-state index contributed by atoms with van der Waals surface area (Å²) in [6.07, 6.45) is 2.02. The van der Waals surface area contributed by atoms with E-state index >= 15 is 0 Å². The lowest BCUT2D eigenvalue weighted by atomic mass is 9.96. The zero-order chi connectivity index (χ0) is 24.4. The van der Waals surface area contributed by atoms with E-state index in [1.54, 1.807) is 18.2 Å². The fraction of sp³-hybridized carbons (Fsp3) is 0.333. The first kappa shape index (κ1) is 25.7. The van der Waals surface area contributed by atoms with Crippen LogP contribution >= 0.6 is 12.6 Å². The van der Waals surface area contributed by atoms with Crippen molar-refractivity contribution >= 4 is 42.3 Å². The number of nitrogens with one attached hydrogen (secondary N) is 2. The van der Waals surface area contributed by atoms with Gasteiger partial charge in [0.2, 0.25) is 12.3 Å². The Morgan fingerprint density at radius 1 is 1.24 bits per heavy atom. The first-order valence-corrected chi connectivity index (χ1v) is 11.0. The van der Waals surface area contributed by atoms with Gasteiger partial charge in [0.05, 0.1) is 17.4 Å². The van der Waals surface area contributed by atoms with E-state index in [0.717, 1.165) is 5.69 Å². The predicted molar refractivity (Wildman–Crippen MR) is 135 cm³/mol. The lowest BCUT2D eigenvalue weighted by Crippen LogP contribution is -2.45. The van der Waals surface area contributed by atoms with E-state index in [1.165, 1.54) is 11.0 Å². The van der Waals surface area contributed by atoms with Crippen molar-refractivity contribution in [2.24, 2.45) is 0 Å². The number of thiol groups is 1. The number of nitrogens with zero attached hydrogens (tertiary/aromatic N) is 4. The SMILES string of the molecule is CCN(C=O)/C(=C\C#N)C(C)(S)C(C)Nc1cccc(NC(=O)CN(C)c2ccccc2)n1. The van der Waals surface area contributed by atoms with E-state index in [1.807, 2.05) is 69.1 Å². The molecule has 174 valence electrons. The molecule has 2 amide bonds. The number of carbonyl (C=O) groups excluding carboxylic acids is 2. The van der Waals surface area contributed by atoms with Crippen LogP contribution in [0.4, 0.5) is 17.3 Å². The van der Waals surface area contributed by atoms with Crippen molar-refractivity contribution in [2.45, 2.75) is 31.6 Å². The van der Waals surface area contributed by atoms with E-state index < -0.39 is 4.75 Å². The number of allylic oxidation sites excluding steroid dienone is 1. The molecule has 0 bridgehead atoms. The molecule has 2 atom stereocenters. The number of hydrogen-bond donors (Lipinski definition) is 3. The molecule has 0 radical (unpaired) electrons. The molecule has 33 heavy (non-hydrogen) atoms. The smallest absolute Gasteiger partial charge is 0.245 e. The van der Waals surface area contributed by atoms with Gasteiger partial charge in [0.1, 0.15) is 11.6 Å². The van der Waals surface area contributed by atoms with Gasteiger partial charge in [-0.2, -0.15) is 17.9 Å². The Bertz CT molecular complexity index is 1020. The van der Waals surface area contributed by atoms with Gasteiger partial charge >= 0.3 is 0 Å². The summed E-state index contributed by atoms with van der Waals surface area (Å²) in [6, 6.07) is 16.6. The summed E-state index contributed by atoms with van der Waals surface area (Å²) in [6.45, 7) is 6.13. The van der Waals surface area contributed by atoms with Crippen molar-refractivity contribution in [3.05, 3.63) is 60.3 Å². The minimum Gasteiger partial charge on any atom is -0.366 e. The van der Waals surface area contributed by atoms with Gasteiger partial charge in [-0.15, -0.1) is 0 Å². The normalized spacial score (nSPS) is 13.8. The lowest BCUT2D eigenvalue weighted by molar-refractivity contribution is -0.116. The number of carbonyl (C=O) groups is 2. The number of amides is 2. The molecule has 2 aromatic rings. The molecule has 1 heterocycles. The molecule has 2 N–H and O–H groups in total. The van der Waals surface area contributed by atoms with Gasteiger partial charge in [0, 0.05) is 37.1 Å². The topological polar surface area (TPSA) is 101 Å². The monoisotopic (exact) mass is 466 g/mol. The Morgan fingerprint density at radius 2 is 1.91 bits per heavy atom. The average Bonchev–Trinajstić information content (AvgIpc) is 2.79. The van der Waals surface area contributed by atoms with Crippen molar-refractivity contribution in [2.75, 3.05) is 35.7 Å². The van der Waals surface area contributed by atoms with Crippen LogP contribution in [-0.4, -0.2) is 53.1 Å². The number of pyridine rings is 1. The van der Waals surface area contributed by atoms with Crippen molar-refractivity contribution in [1.82, 2.24) is 9.88 Å². The first-order valence-electron chi connectivity index (χ1n) is 10.6. The number of benzene rings is 1. The third kappa shape index (κ3) is 6.99. The average molecular weight is 467 g/mol. The van der Waals surface area contributed by atoms with E-state index in [9.17, 15) is 14.9 Å². The van der Waals surface area contributed by atoms with Crippen molar-refractivity contribution < 1.29 is 9.59 Å². The molecule has 0 aliphatic rings. The van der Waals surface area contributed by atoms with Crippen LogP contribution in [-0.2, 0) is 9.59 Å². The highest BCUT2D eigenvalue weighted by Crippen LogP contribution is 2.32. The maximum absolute atomic E-state index is 12.5. The quantitative estimate of drug-likeness (QED) is 0.266. The summed E-state index contributed by atoms with van der Waals surface area (Å²) in [4.78, 5) is 31.7. The molecule has 2 rings (SSSR count). The van der Waals surface area contributed by atoms with Gasteiger partial charge in [0.25, 0.3) is 0 Å². The summed E-state index contributed by atoms with van der Waals surface area (Å²) in [5.41, 5.74) is 1.43. The zero-order valence-electron chi connectivity index (χ0n) is 19.3. The summed E-state index contributed by atoms with van der Waals surface area (Å²) in [5.74, 6) is 0.750. The molecule has 8 nitrogen and oxygen atoms in total. The number of nitriles is 1. The largest absolute Gasteiger partial charge is 0.366 e. The molecule has 9 heteroatoms. The van der Waals surface area contributed by atoms with Crippen LogP contribution in [0, 0.1) is 11.3 Å². The molecular weight excluding hydrogens is 436 g/mol. The third-order valence-corrected chi connectivity index (χ3v) is 5.92. The molecular formula is C24H30N6O2S. The van der Waals surface area contributed by atoms with Gasteiger partial charge in [-0.05, 0) is 45.0 Å². The molecule has 0 aliphatic carbocycles. The minimum absolute atomic E-state index is 0.176. The summed E-state index contributed by atoms with van der Waals surface area (Å²) in [5, 5.41) is 15.3. The van der Waals surface area contributed by atoms with Crippen LogP contribution < -0.4 is 15.5 Å². The van der Waals surface area contributed by atoms with Gasteiger partial charge in [0.15, 0.2) is 0 Å². The summed E-state index contributed by atoms with van der Waals surface area (Å²) < 4.78 is -0.855. The van der Waals surface area contributed by atoms with E-state index in [4.69, 9.17) is 12.6 Å². The second-order valence-corrected chi connectivity index (χ2v) is 8.64. The van der Waals surface area contributed by atoms with E-state index in [2.05, 4.69) is 15.6 Å². The maximum atomic E-state index is 12.5. The van der Waals surface area contributed by atoms with Gasteiger partial charge in [-0.25, -0.2) is 4.98 Å². The molecule has 1 aromatic carbocycles. The Hall–Kier alpha value is -3.51. The number of anilines is 3. The molecule has 1 aromatic heterocycles. The fourth-order valence-electron chi connectivity index (χ4n) is 3.22. The Kier molecular flexibility index (Phi) is 9.30. The van der Waals surface area contributed by atoms with Gasteiger partial charge in [-0.1, -0.05) is 24.3 Å². The van der Waals surface area contributed by atoms with Crippen LogP contribution in [0.5, 0.6) is 0 Å². The summed E-state index contributed by atoms with van der Waals surface area (Å²) in [7, 11) is 1.85.